The summed E-state index contributed by atoms with van der Waals surface area (Å²) < 4.78 is 30.0. The Balaban J connectivity index is 1.29. The first-order chi connectivity index (χ1) is 18.2. The molecular formula is C26H27BClF2N7O. The molecular weight excluding hydrogens is 511 g/mol. The van der Waals surface area contributed by atoms with E-state index in [4.69, 9.17) is 16.6 Å². The number of urea groups is 1. The van der Waals surface area contributed by atoms with Crippen LogP contribution in [0.25, 0.3) is 5.65 Å². The Kier molecular flexibility index (Phi) is 7.20. The minimum Gasteiger partial charge on any atom is -0.366 e. The van der Waals surface area contributed by atoms with Gasteiger partial charge < -0.3 is 15.5 Å². The van der Waals surface area contributed by atoms with Crippen molar-refractivity contribution in [2.24, 2.45) is 0 Å². The second-order valence-corrected chi connectivity index (χ2v) is 10.1. The number of hydrogen-bond donors (Lipinski definition) is 2. The van der Waals surface area contributed by atoms with E-state index in [9.17, 15) is 13.6 Å². The standard InChI is InChI=1S/C26H27BClF2N7O/c1-26(29,30)19-11-18(28)4-5-21(19)35-25(38)36-9-6-17(7-10-36)22-12-23(32-14-16-3-2-8-31-13-16)37-24(34-22)20(27)15-33-37/h2-5,8,11-13,15,17,32H,6-7,9-10,14,27H2,1H3,(H,35,38). The van der Waals surface area contributed by atoms with Gasteiger partial charge in [0, 0.05) is 73.4 Å². The highest BCUT2D eigenvalue weighted by Gasteiger charge is 2.30. The van der Waals surface area contributed by atoms with E-state index in [0.29, 0.717) is 32.5 Å². The molecule has 2 amide bonds. The Labute approximate surface area is 224 Å². The maximum absolute atomic E-state index is 14.1. The maximum Gasteiger partial charge on any atom is 0.321 e. The van der Waals surface area contributed by atoms with E-state index in [2.05, 4.69) is 20.7 Å². The molecule has 1 saturated heterocycles. The first-order valence-electron chi connectivity index (χ1n) is 12.4. The molecule has 0 atom stereocenters. The van der Waals surface area contributed by atoms with Crippen LogP contribution in [0.5, 0.6) is 0 Å². The van der Waals surface area contributed by atoms with E-state index in [1.54, 1.807) is 21.8 Å². The van der Waals surface area contributed by atoms with Crippen molar-refractivity contribution in [3.8, 4) is 0 Å². The Morgan fingerprint density at radius 1 is 1.21 bits per heavy atom. The molecule has 1 aliphatic rings. The predicted octanol–water partition coefficient (Wildman–Crippen LogP) is 4.17. The lowest BCUT2D eigenvalue weighted by Gasteiger charge is -2.32. The summed E-state index contributed by atoms with van der Waals surface area (Å²) >= 11 is 5.91. The number of nitrogens with one attached hydrogen (secondary N) is 2. The number of aromatic nitrogens is 4. The number of rotatable bonds is 6. The molecule has 0 radical (unpaired) electrons. The zero-order valence-electron chi connectivity index (χ0n) is 21.1. The van der Waals surface area contributed by atoms with Crippen LogP contribution in [0.4, 0.5) is 25.1 Å². The van der Waals surface area contributed by atoms with Crippen LogP contribution < -0.4 is 16.1 Å². The number of halogens is 3. The summed E-state index contributed by atoms with van der Waals surface area (Å²) in [5.41, 5.74) is 3.48. The van der Waals surface area contributed by atoms with Gasteiger partial charge in [0.2, 0.25) is 0 Å². The highest BCUT2D eigenvalue weighted by atomic mass is 35.5. The maximum atomic E-state index is 14.1. The third-order valence-corrected chi connectivity index (χ3v) is 7.00. The summed E-state index contributed by atoms with van der Waals surface area (Å²) in [6, 6.07) is 9.58. The van der Waals surface area contributed by atoms with E-state index >= 15 is 0 Å². The average molecular weight is 538 g/mol. The number of nitrogens with zero attached hydrogens (tertiary/aromatic N) is 5. The van der Waals surface area contributed by atoms with Gasteiger partial charge in [-0.3, -0.25) is 4.98 Å². The molecule has 12 heteroatoms. The van der Waals surface area contributed by atoms with Crippen LogP contribution in [0.3, 0.4) is 0 Å². The Morgan fingerprint density at radius 3 is 2.71 bits per heavy atom. The number of pyridine rings is 1. The van der Waals surface area contributed by atoms with E-state index in [0.717, 1.165) is 35.1 Å². The normalized spacial score (nSPS) is 14.6. The minimum atomic E-state index is -3.14. The summed E-state index contributed by atoms with van der Waals surface area (Å²) in [4.78, 5) is 23.6. The van der Waals surface area contributed by atoms with Crippen molar-refractivity contribution in [3.63, 3.8) is 0 Å². The zero-order chi connectivity index (χ0) is 26.9. The molecule has 38 heavy (non-hydrogen) atoms. The third kappa shape index (κ3) is 5.57. The average Bonchev–Trinajstić information content (AvgIpc) is 3.29. The van der Waals surface area contributed by atoms with Crippen LogP contribution in [0.2, 0.25) is 5.02 Å². The fraction of sp³-hybridized carbons (Fsp3) is 0.308. The monoisotopic (exact) mass is 537 g/mol. The molecule has 1 aliphatic heterocycles. The molecule has 196 valence electrons. The van der Waals surface area contributed by atoms with E-state index in [1.165, 1.54) is 18.2 Å². The SMILES string of the molecule is Bc1cnn2c(NCc3cccnc3)cc(C3CCN(C(=O)Nc4ccc(Cl)cc4C(C)(F)F)CC3)nc12. The Bertz CT molecular complexity index is 1450. The highest BCUT2D eigenvalue weighted by Crippen LogP contribution is 2.35. The number of piperidine rings is 1. The van der Waals surface area contributed by atoms with Crippen LogP contribution in [0.15, 0.2) is 55.0 Å². The second kappa shape index (κ2) is 10.6. The van der Waals surface area contributed by atoms with Crippen LogP contribution in [0.1, 0.15) is 42.5 Å². The van der Waals surface area contributed by atoms with Crippen LogP contribution in [0, 0.1) is 0 Å². The van der Waals surface area contributed by atoms with Gasteiger partial charge in [0.05, 0.1) is 5.69 Å². The van der Waals surface area contributed by atoms with Crippen molar-refractivity contribution < 1.29 is 13.6 Å². The fourth-order valence-corrected chi connectivity index (χ4v) is 4.86. The molecule has 2 N–H and O–H groups in total. The lowest BCUT2D eigenvalue weighted by atomic mass is 9.93. The second-order valence-electron chi connectivity index (χ2n) is 9.61. The predicted molar refractivity (Wildman–Crippen MR) is 146 cm³/mol. The largest absolute Gasteiger partial charge is 0.366 e. The molecule has 4 aromatic rings. The van der Waals surface area contributed by atoms with Crippen molar-refractivity contribution >= 4 is 48.1 Å². The molecule has 0 saturated carbocycles. The molecule has 4 heterocycles. The molecule has 3 aromatic heterocycles. The van der Waals surface area contributed by atoms with Crippen LogP contribution in [-0.2, 0) is 12.5 Å². The summed E-state index contributed by atoms with van der Waals surface area (Å²) in [5, 5.41) is 10.8. The van der Waals surface area contributed by atoms with Crippen LogP contribution in [-0.4, -0.2) is 51.4 Å². The van der Waals surface area contributed by atoms with Gasteiger partial charge in [-0.05, 0) is 48.1 Å². The lowest BCUT2D eigenvalue weighted by molar-refractivity contribution is 0.0182. The Hall–Kier alpha value is -3.73. The minimum absolute atomic E-state index is 0.0571. The van der Waals surface area contributed by atoms with Crippen molar-refractivity contribution in [1.82, 2.24) is 24.5 Å². The molecule has 5 rings (SSSR count). The number of fused-ring (bicyclic) bond motifs is 1. The lowest BCUT2D eigenvalue weighted by Crippen LogP contribution is -2.41. The fourth-order valence-electron chi connectivity index (χ4n) is 4.68. The summed E-state index contributed by atoms with van der Waals surface area (Å²) in [5.74, 6) is -2.17. The molecule has 0 bridgehead atoms. The smallest absolute Gasteiger partial charge is 0.321 e. The topological polar surface area (TPSA) is 87.5 Å². The molecule has 0 unspecified atom stereocenters. The van der Waals surface area contributed by atoms with Gasteiger partial charge in [-0.25, -0.2) is 18.6 Å². The van der Waals surface area contributed by atoms with Gasteiger partial charge in [-0.1, -0.05) is 17.7 Å². The van der Waals surface area contributed by atoms with Gasteiger partial charge in [0.15, 0.2) is 5.65 Å². The molecule has 0 spiro atoms. The number of likely N-dealkylation sites (tertiary alicyclic amines) is 1. The number of alkyl halides is 2. The van der Waals surface area contributed by atoms with E-state index in [1.807, 2.05) is 32.2 Å². The van der Waals surface area contributed by atoms with Crippen molar-refractivity contribution in [1.29, 1.82) is 0 Å². The van der Waals surface area contributed by atoms with Gasteiger partial charge >= 0.3 is 6.03 Å². The highest BCUT2D eigenvalue weighted by molar-refractivity contribution is 6.36. The third-order valence-electron chi connectivity index (χ3n) is 6.76. The number of hydrogen-bond acceptors (Lipinski definition) is 5. The van der Waals surface area contributed by atoms with Gasteiger partial charge in [0.25, 0.3) is 5.92 Å². The van der Waals surface area contributed by atoms with Gasteiger partial charge in [0.1, 0.15) is 13.7 Å². The Morgan fingerprint density at radius 2 is 2.00 bits per heavy atom. The zero-order valence-corrected chi connectivity index (χ0v) is 21.8. The molecule has 0 aliphatic carbocycles. The first-order valence-corrected chi connectivity index (χ1v) is 12.8. The molecule has 8 nitrogen and oxygen atoms in total. The van der Waals surface area contributed by atoms with Gasteiger partial charge in [-0.2, -0.15) is 9.61 Å². The van der Waals surface area contributed by atoms with Crippen molar-refractivity contribution in [2.45, 2.75) is 38.2 Å². The molecule has 1 fully saturated rings. The first kappa shape index (κ1) is 25.9. The number of anilines is 2. The van der Waals surface area contributed by atoms with Crippen molar-refractivity contribution in [2.75, 3.05) is 23.7 Å². The summed E-state index contributed by atoms with van der Waals surface area (Å²) in [7, 11) is 1.97. The van der Waals surface area contributed by atoms with E-state index < -0.39 is 12.0 Å². The number of amides is 2. The number of benzene rings is 1. The quantitative estimate of drug-likeness (QED) is 0.361. The summed E-state index contributed by atoms with van der Waals surface area (Å²) in [6.07, 6.45) is 6.74. The number of carbonyl (C=O) groups is 1. The van der Waals surface area contributed by atoms with Crippen molar-refractivity contribution in [3.05, 3.63) is 76.8 Å². The van der Waals surface area contributed by atoms with Gasteiger partial charge in [-0.15, -0.1) is 0 Å². The molecule has 1 aromatic carbocycles. The summed E-state index contributed by atoms with van der Waals surface area (Å²) in [6.45, 7) is 2.33. The van der Waals surface area contributed by atoms with E-state index in [-0.39, 0.29) is 22.2 Å². The van der Waals surface area contributed by atoms with Crippen LogP contribution >= 0.6 is 11.6 Å². The number of carbonyl (C=O) groups excluding carboxylic acids is 1.